The van der Waals surface area contributed by atoms with E-state index in [1.54, 1.807) is 12.1 Å². The van der Waals surface area contributed by atoms with Crippen LogP contribution in [0.25, 0.3) is 0 Å². The second-order valence-corrected chi connectivity index (χ2v) is 6.90. The molecular formula is C23H21FN2O. The van der Waals surface area contributed by atoms with Crippen molar-refractivity contribution in [2.24, 2.45) is 0 Å². The third-order valence-electron chi connectivity index (χ3n) is 5.01. The van der Waals surface area contributed by atoms with Crippen molar-refractivity contribution in [2.45, 2.75) is 19.4 Å². The maximum Gasteiger partial charge on any atom is 0.322 e. The van der Waals surface area contributed by atoms with E-state index in [4.69, 9.17) is 0 Å². The number of anilines is 1. The predicted molar refractivity (Wildman–Crippen MR) is 105 cm³/mol. The smallest absolute Gasteiger partial charge is 0.313 e. The van der Waals surface area contributed by atoms with E-state index in [0.717, 1.165) is 17.5 Å². The molecule has 0 saturated heterocycles. The van der Waals surface area contributed by atoms with Crippen LogP contribution >= 0.6 is 0 Å². The molecule has 3 nitrogen and oxygen atoms in total. The second-order valence-electron chi connectivity index (χ2n) is 6.90. The van der Waals surface area contributed by atoms with Crippen molar-refractivity contribution in [1.29, 1.82) is 0 Å². The van der Waals surface area contributed by atoms with Crippen LogP contribution in [0.5, 0.6) is 0 Å². The summed E-state index contributed by atoms with van der Waals surface area (Å²) in [6.45, 7) is 2.66. The molecule has 0 aromatic heterocycles. The number of halogens is 1. The number of amides is 2. The van der Waals surface area contributed by atoms with Gasteiger partial charge in [-0.15, -0.1) is 0 Å². The molecule has 27 heavy (non-hydrogen) atoms. The van der Waals surface area contributed by atoms with E-state index in [-0.39, 0.29) is 17.9 Å². The van der Waals surface area contributed by atoms with Crippen LogP contribution < -0.4 is 5.32 Å². The molecule has 0 saturated carbocycles. The number of hydrogen-bond acceptors (Lipinski definition) is 1. The molecule has 0 bridgehead atoms. The Balaban J connectivity index is 1.70. The highest BCUT2D eigenvalue weighted by molar-refractivity contribution is 5.90. The van der Waals surface area contributed by atoms with Crippen LogP contribution in [-0.2, 0) is 6.42 Å². The standard InChI is InChI=1S/C23H21FN2O/c1-16-9-11-18(12-10-16)22-21-8-3-2-5-17(21)13-14-26(22)23(27)25-20-7-4-6-19(24)15-20/h2-12,15,22H,13-14H2,1H3,(H,25,27)/t22-/m0/s1. The summed E-state index contributed by atoms with van der Waals surface area (Å²) < 4.78 is 13.5. The van der Waals surface area contributed by atoms with Gasteiger partial charge in [-0.05, 0) is 48.2 Å². The zero-order valence-electron chi connectivity index (χ0n) is 15.2. The fourth-order valence-corrected chi connectivity index (χ4v) is 3.66. The van der Waals surface area contributed by atoms with Crippen molar-refractivity contribution < 1.29 is 9.18 Å². The normalized spacial score (nSPS) is 15.9. The van der Waals surface area contributed by atoms with Crippen molar-refractivity contribution in [3.8, 4) is 0 Å². The van der Waals surface area contributed by atoms with Crippen LogP contribution in [0.15, 0.2) is 72.8 Å². The van der Waals surface area contributed by atoms with E-state index < -0.39 is 0 Å². The van der Waals surface area contributed by atoms with Crippen LogP contribution in [0.2, 0.25) is 0 Å². The van der Waals surface area contributed by atoms with Gasteiger partial charge in [-0.25, -0.2) is 9.18 Å². The lowest BCUT2D eigenvalue weighted by Crippen LogP contribution is -2.43. The highest BCUT2D eigenvalue weighted by atomic mass is 19.1. The molecular weight excluding hydrogens is 339 g/mol. The highest BCUT2D eigenvalue weighted by Gasteiger charge is 2.31. The molecule has 136 valence electrons. The largest absolute Gasteiger partial charge is 0.322 e. The Bertz CT molecular complexity index is 968. The second kappa shape index (κ2) is 7.23. The lowest BCUT2D eigenvalue weighted by molar-refractivity contribution is 0.194. The van der Waals surface area contributed by atoms with Gasteiger partial charge in [-0.2, -0.15) is 0 Å². The van der Waals surface area contributed by atoms with Crippen LogP contribution in [0.1, 0.15) is 28.3 Å². The molecule has 2 amide bonds. The van der Waals surface area contributed by atoms with Crippen molar-refractivity contribution in [1.82, 2.24) is 4.90 Å². The van der Waals surface area contributed by atoms with Gasteiger partial charge in [0.15, 0.2) is 0 Å². The first-order chi connectivity index (χ1) is 13.1. The van der Waals surface area contributed by atoms with E-state index >= 15 is 0 Å². The third-order valence-corrected chi connectivity index (χ3v) is 5.01. The number of hydrogen-bond donors (Lipinski definition) is 1. The van der Waals surface area contributed by atoms with Crippen molar-refractivity contribution >= 4 is 11.7 Å². The fourth-order valence-electron chi connectivity index (χ4n) is 3.66. The van der Waals surface area contributed by atoms with E-state index in [1.807, 2.05) is 24.0 Å². The summed E-state index contributed by atoms with van der Waals surface area (Å²) >= 11 is 0. The Hall–Kier alpha value is -3.14. The molecule has 1 aliphatic heterocycles. The number of carbonyl (C=O) groups is 1. The maximum absolute atomic E-state index is 13.5. The number of nitrogens with zero attached hydrogens (tertiary/aromatic N) is 1. The monoisotopic (exact) mass is 360 g/mol. The van der Waals surface area contributed by atoms with E-state index in [0.29, 0.717) is 12.2 Å². The number of carbonyl (C=O) groups excluding carboxylic acids is 1. The highest BCUT2D eigenvalue weighted by Crippen LogP contribution is 2.35. The summed E-state index contributed by atoms with van der Waals surface area (Å²) in [5, 5.41) is 2.84. The summed E-state index contributed by atoms with van der Waals surface area (Å²) in [6, 6.07) is 22.1. The lowest BCUT2D eigenvalue weighted by atomic mass is 9.88. The van der Waals surface area contributed by atoms with E-state index in [1.165, 1.54) is 23.3 Å². The summed E-state index contributed by atoms with van der Waals surface area (Å²) in [5.74, 6) is -0.369. The first-order valence-corrected chi connectivity index (χ1v) is 9.09. The minimum Gasteiger partial charge on any atom is -0.313 e. The number of nitrogens with one attached hydrogen (secondary N) is 1. The lowest BCUT2D eigenvalue weighted by Gasteiger charge is -2.37. The average Bonchev–Trinajstić information content (AvgIpc) is 2.68. The summed E-state index contributed by atoms with van der Waals surface area (Å²) in [7, 11) is 0. The van der Waals surface area contributed by atoms with Crippen LogP contribution in [0.3, 0.4) is 0 Å². The number of rotatable bonds is 2. The Kier molecular flexibility index (Phi) is 4.63. The molecule has 0 spiro atoms. The van der Waals surface area contributed by atoms with Gasteiger partial charge in [0.1, 0.15) is 5.82 Å². The van der Waals surface area contributed by atoms with Crippen molar-refractivity contribution in [3.05, 3.63) is 101 Å². The van der Waals surface area contributed by atoms with Gasteiger partial charge in [0.2, 0.25) is 0 Å². The molecule has 0 unspecified atom stereocenters. The van der Waals surface area contributed by atoms with Gasteiger partial charge in [-0.3, -0.25) is 0 Å². The number of aryl methyl sites for hydroxylation is 1. The quantitative estimate of drug-likeness (QED) is 0.660. The Labute approximate surface area is 158 Å². The van der Waals surface area contributed by atoms with Crippen molar-refractivity contribution in [2.75, 3.05) is 11.9 Å². The molecule has 1 atom stereocenters. The Morgan fingerprint density at radius 3 is 2.59 bits per heavy atom. The SMILES string of the molecule is Cc1ccc([C@H]2c3ccccc3CCN2C(=O)Nc2cccc(F)c2)cc1. The summed E-state index contributed by atoms with van der Waals surface area (Å²) in [5.41, 5.74) is 5.11. The van der Waals surface area contributed by atoms with Crippen LogP contribution in [0, 0.1) is 12.7 Å². The van der Waals surface area contributed by atoms with Gasteiger partial charge in [-0.1, -0.05) is 60.2 Å². The van der Waals surface area contributed by atoms with E-state index in [9.17, 15) is 9.18 Å². The zero-order chi connectivity index (χ0) is 18.8. The Morgan fingerprint density at radius 2 is 1.81 bits per heavy atom. The first-order valence-electron chi connectivity index (χ1n) is 9.09. The number of urea groups is 1. The molecule has 4 rings (SSSR count). The van der Waals surface area contributed by atoms with Gasteiger partial charge in [0.05, 0.1) is 6.04 Å². The fraction of sp³-hybridized carbons (Fsp3) is 0.174. The van der Waals surface area contributed by atoms with Crippen LogP contribution in [-0.4, -0.2) is 17.5 Å². The minimum absolute atomic E-state index is 0.163. The molecule has 0 radical (unpaired) electrons. The molecule has 3 aromatic rings. The summed E-state index contributed by atoms with van der Waals surface area (Å²) in [4.78, 5) is 14.9. The number of fused-ring (bicyclic) bond motifs is 1. The maximum atomic E-state index is 13.5. The molecule has 3 aromatic carbocycles. The molecule has 0 fully saturated rings. The molecule has 1 N–H and O–H groups in total. The van der Waals surface area contributed by atoms with Gasteiger partial charge < -0.3 is 10.2 Å². The molecule has 0 aliphatic carbocycles. The predicted octanol–water partition coefficient (Wildman–Crippen LogP) is 5.31. The molecule has 1 heterocycles. The van der Waals surface area contributed by atoms with Crippen LogP contribution in [0.4, 0.5) is 14.9 Å². The van der Waals surface area contributed by atoms with Crippen molar-refractivity contribution in [3.63, 3.8) is 0 Å². The van der Waals surface area contributed by atoms with Gasteiger partial charge in [0.25, 0.3) is 0 Å². The number of benzene rings is 3. The topological polar surface area (TPSA) is 32.3 Å². The van der Waals surface area contributed by atoms with E-state index in [2.05, 4.69) is 41.7 Å². The zero-order valence-corrected chi connectivity index (χ0v) is 15.2. The minimum atomic E-state index is -0.369. The molecule has 1 aliphatic rings. The average molecular weight is 360 g/mol. The first kappa shape index (κ1) is 17.3. The van der Waals surface area contributed by atoms with Gasteiger partial charge >= 0.3 is 6.03 Å². The third kappa shape index (κ3) is 3.56. The summed E-state index contributed by atoms with van der Waals surface area (Å²) in [6.07, 6.45) is 0.801. The molecule has 4 heteroatoms. The Morgan fingerprint density at radius 1 is 1.04 bits per heavy atom. The van der Waals surface area contributed by atoms with Gasteiger partial charge in [0, 0.05) is 12.2 Å².